The molecule has 1 aliphatic rings. The summed E-state index contributed by atoms with van der Waals surface area (Å²) in [5.41, 5.74) is 0.665. The number of carbonyl (C=O) groups is 2. The van der Waals surface area contributed by atoms with Crippen LogP contribution in [0, 0.1) is 5.92 Å². The molecule has 1 aromatic carbocycles. The summed E-state index contributed by atoms with van der Waals surface area (Å²) < 4.78 is 5.41. The van der Waals surface area contributed by atoms with Crippen LogP contribution in [0.4, 0.5) is 5.69 Å². The molecule has 106 valence electrons. The molecular formula is C15H18N2O3. The van der Waals surface area contributed by atoms with Crippen molar-refractivity contribution in [2.45, 2.75) is 6.42 Å². The molecule has 1 aliphatic heterocycles. The summed E-state index contributed by atoms with van der Waals surface area (Å²) in [7, 11) is 1.71. The Labute approximate surface area is 118 Å². The molecule has 1 unspecified atom stereocenters. The molecule has 1 heterocycles. The fourth-order valence-corrected chi connectivity index (χ4v) is 2.10. The maximum atomic E-state index is 12.1. The van der Waals surface area contributed by atoms with Gasteiger partial charge in [0.15, 0.2) is 0 Å². The molecule has 1 aromatic rings. The second kappa shape index (κ2) is 6.23. The predicted octanol–water partition coefficient (Wildman–Crippen LogP) is 1.67. The molecule has 1 atom stereocenters. The normalized spacial score (nSPS) is 17.9. The Morgan fingerprint density at radius 2 is 2.40 bits per heavy atom. The zero-order valence-corrected chi connectivity index (χ0v) is 11.5. The molecule has 0 aromatic heterocycles. The lowest BCUT2D eigenvalue weighted by Crippen LogP contribution is -2.25. The smallest absolute Gasteiger partial charge is 0.229 e. The van der Waals surface area contributed by atoms with Crippen LogP contribution in [0.5, 0.6) is 5.75 Å². The number of benzene rings is 1. The first-order chi connectivity index (χ1) is 9.60. The number of likely N-dealkylation sites (tertiary alicyclic amines) is 1. The maximum absolute atomic E-state index is 12.1. The number of nitrogens with zero attached hydrogens (tertiary/aromatic N) is 1. The van der Waals surface area contributed by atoms with Gasteiger partial charge in [0.25, 0.3) is 0 Å². The highest BCUT2D eigenvalue weighted by Gasteiger charge is 2.32. The van der Waals surface area contributed by atoms with Crippen molar-refractivity contribution in [2.75, 3.05) is 25.5 Å². The number of ether oxygens (including phenoxy) is 1. The summed E-state index contributed by atoms with van der Waals surface area (Å²) in [5.74, 6) is 0.254. The molecule has 1 saturated heterocycles. The topological polar surface area (TPSA) is 58.6 Å². The van der Waals surface area contributed by atoms with E-state index < -0.39 is 0 Å². The molecule has 0 radical (unpaired) electrons. The number of rotatable bonds is 5. The van der Waals surface area contributed by atoms with E-state index in [0.29, 0.717) is 24.6 Å². The van der Waals surface area contributed by atoms with Crippen LogP contribution in [0.25, 0.3) is 0 Å². The highest BCUT2D eigenvalue weighted by Crippen LogP contribution is 2.21. The lowest BCUT2D eigenvalue weighted by Gasteiger charge is -2.12. The monoisotopic (exact) mass is 274 g/mol. The van der Waals surface area contributed by atoms with Crippen molar-refractivity contribution in [1.29, 1.82) is 0 Å². The van der Waals surface area contributed by atoms with E-state index in [9.17, 15) is 9.59 Å². The van der Waals surface area contributed by atoms with Gasteiger partial charge in [-0.1, -0.05) is 18.7 Å². The fraction of sp³-hybridized carbons (Fsp3) is 0.333. The fourth-order valence-electron chi connectivity index (χ4n) is 2.10. The van der Waals surface area contributed by atoms with E-state index in [4.69, 9.17) is 4.74 Å². The molecule has 0 aliphatic carbocycles. The Kier molecular flexibility index (Phi) is 4.40. The van der Waals surface area contributed by atoms with Crippen LogP contribution in [-0.4, -0.2) is 36.9 Å². The minimum absolute atomic E-state index is 0.00761. The third-order valence-electron chi connectivity index (χ3n) is 3.18. The van der Waals surface area contributed by atoms with Crippen molar-refractivity contribution >= 4 is 17.5 Å². The van der Waals surface area contributed by atoms with Crippen molar-refractivity contribution in [2.24, 2.45) is 5.92 Å². The summed E-state index contributed by atoms with van der Waals surface area (Å²) >= 11 is 0. The van der Waals surface area contributed by atoms with E-state index in [2.05, 4.69) is 11.9 Å². The molecule has 5 heteroatoms. The van der Waals surface area contributed by atoms with Crippen molar-refractivity contribution in [3.8, 4) is 5.75 Å². The van der Waals surface area contributed by atoms with Gasteiger partial charge < -0.3 is 15.0 Å². The van der Waals surface area contributed by atoms with Crippen LogP contribution in [0.3, 0.4) is 0 Å². The van der Waals surface area contributed by atoms with Crippen molar-refractivity contribution < 1.29 is 14.3 Å². The van der Waals surface area contributed by atoms with Crippen LogP contribution in [0.15, 0.2) is 36.9 Å². The summed E-state index contributed by atoms with van der Waals surface area (Å²) in [5, 5.41) is 2.82. The van der Waals surface area contributed by atoms with Gasteiger partial charge in [-0.15, -0.1) is 0 Å². The molecule has 0 saturated carbocycles. The van der Waals surface area contributed by atoms with Gasteiger partial charge >= 0.3 is 0 Å². The average Bonchev–Trinajstić information content (AvgIpc) is 2.77. The van der Waals surface area contributed by atoms with Gasteiger partial charge in [0.05, 0.1) is 5.92 Å². The van der Waals surface area contributed by atoms with Gasteiger partial charge in [-0.25, -0.2) is 0 Å². The van der Waals surface area contributed by atoms with Gasteiger partial charge in [0.2, 0.25) is 11.8 Å². The number of hydrogen-bond acceptors (Lipinski definition) is 3. The van der Waals surface area contributed by atoms with Crippen LogP contribution >= 0.6 is 0 Å². The second-order valence-electron chi connectivity index (χ2n) is 4.79. The van der Waals surface area contributed by atoms with Crippen LogP contribution in [0.1, 0.15) is 6.42 Å². The molecule has 0 spiro atoms. The first kappa shape index (κ1) is 14.1. The largest absolute Gasteiger partial charge is 0.489 e. The zero-order chi connectivity index (χ0) is 14.5. The van der Waals surface area contributed by atoms with E-state index >= 15 is 0 Å². The van der Waals surface area contributed by atoms with Crippen molar-refractivity contribution in [3.63, 3.8) is 0 Å². The number of nitrogens with one attached hydrogen (secondary N) is 1. The van der Waals surface area contributed by atoms with E-state index in [1.165, 1.54) is 0 Å². The lowest BCUT2D eigenvalue weighted by molar-refractivity contribution is -0.127. The van der Waals surface area contributed by atoms with Crippen LogP contribution in [0.2, 0.25) is 0 Å². The molecule has 0 bridgehead atoms. The third-order valence-corrected chi connectivity index (χ3v) is 3.18. The Hall–Kier alpha value is -2.30. The number of carbonyl (C=O) groups excluding carboxylic acids is 2. The first-order valence-corrected chi connectivity index (χ1v) is 6.48. The molecule has 1 N–H and O–H groups in total. The van der Waals surface area contributed by atoms with Gasteiger partial charge in [0, 0.05) is 31.8 Å². The summed E-state index contributed by atoms with van der Waals surface area (Å²) in [6, 6.07) is 7.16. The van der Waals surface area contributed by atoms with E-state index in [-0.39, 0.29) is 24.2 Å². The van der Waals surface area contributed by atoms with E-state index in [1.54, 1.807) is 36.2 Å². The van der Waals surface area contributed by atoms with Gasteiger partial charge in [-0.05, 0) is 12.1 Å². The number of amides is 2. The minimum atomic E-state index is -0.287. The Bertz CT molecular complexity index is 528. The Balaban J connectivity index is 1.97. The SMILES string of the molecule is C=CCOc1cccc(NC(=O)C2CC(=O)N(C)C2)c1. The van der Waals surface area contributed by atoms with Crippen LogP contribution < -0.4 is 10.1 Å². The van der Waals surface area contributed by atoms with E-state index in [1.807, 2.05) is 6.07 Å². The van der Waals surface area contributed by atoms with Gasteiger partial charge in [-0.2, -0.15) is 0 Å². The minimum Gasteiger partial charge on any atom is -0.489 e. The lowest BCUT2D eigenvalue weighted by atomic mass is 10.1. The molecule has 2 amide bonds. The number of hydrogen-bond donors (Lipinski definition) is 1. The number of anilines is 1. The molecule has 5 nitrogen and oxygen atoms in total. The standard InChI is InChI=1S/C15H18N2O3/c1-3-7-20-13-6-4-5-12(9-13)16-15(19)11-8-14(18)17(2)10-11/h3-6,9,11H,1,7-8,10H2,2H3,(H,16,19). The Morgan fingerprint density at radius 1 is 1.60 bits per heavy atom. The third kappa shape index (κ3) is 3.38. The quantitative estimate of drug-likeness (QED) is 0.831. The van der Waals surface area contributed by atoms with Gasteiger partial charge in [0.1, 0.15) is 12.4 Å². The Morgan fingerprint density at radius 3 is 3.05 bits per heavy atom. The summed E-state index contributed by atoms with van der Waals surface area (Å²) in [6.45, 7) is 4.47. The molecular weight excluding hydrogens is 256 g/mol. The van der Waals surface area contributed by atoms with Crippen molar-refractivity contribution in [1.82, 2.24) is 4.90 Å². The summed E-state index contributed by atoms with van der Waals surface area (Å²) in [4.78, 5) is 25.1. The molecule has 20 heavy (non-hydrogen) atoms. The highest BCUT2D eigenvalue weighted by molar-refractivity contribution is 5.97. The summed E-state index contributed by atoms with van der Waals surface area (Å²) in [6.07, 6.45) is 1.93. The first-order valence-electron chi connectivity index (χ1n) is 6.48. The average molecular weight is 274 g/mol. The van der Waals surface area contributed by atoms with Crippen LogP contribution in [-0.2, 0) is 9.59 Å². The molecule has 2 rings (SSSR count). The van der Waals surface area contributed by atoms with E-state index in [0.717, 1.165) is 0 Å². The predicted molar refractivity (Wildman–Crippen MR) is 76.5 cm³/mol. The van der Waals surface area contributed by atoms with Crippen molar-refractivity contribution in [3.05, 3.63) is 36.9 Å². The zero-order valence-electron chi connectivity index (χ0n) is 11.5. The molecule has 1 fully saturated rings. The highest BCUT2D eigenvalue weighted by atomic mass is 16.5. The maximum Gasteiger partial charge on any atom is 0.229 e. The second-order valence-corrected chi connectivity index (χ2v) is 4.79. The van der Waals surface area contributed by atoms with Gasteiger partial charge in [-0.3, -0.25) is 9.59 Å².